The van der Waals surface area contributed by atoms with Crippen LogP contribution in [0.15, 0.2) is 82.3 Å². The van der Waals surface area contributed by atoms with Gasteiger partial charge in [0, 0.05) is 29.8 Å². The molecule has 36 heavy (non-hydrogen) atoms. The summed E-state index contributed by atoms with van der Waals surface area (Å²) in [6, 6.07) is 18.6. The second kappa shape index (κ2) is 11.2. The maximum atomic E-state index is 12.5. The van der Waals surface area contributed by atoms with Gasteiger partial charge in [-0.15, -0.1) is 0 Å². The fourth-order valence-electron chi connectivity index (χ4n) is 4.18. The van der Waals surface area contributed by atoms with E-state index in [1.807, 2.05) is 55.5 Å². The van der Waals surface area contributed by atoms with Crippen molar-refractivity contribution in [2.24, 2.45) is 5.73 Å². The zero-order valence-electron chi connectivity index (χ0n) is 20.3. The van der Waals surface area contributed by atoms with Gasteiger partial charge in [0.05, 0.1) is 6.61 Å². The minimum atomic E-state index is -1.90. The fourth-order valence-corrected chi connectivity index (χ4v) is 4.18. The Bertz CT molecular complexity index is 1400. The Kier molecular flexibility index (Phi) is 7.80. The highest BCUT2D eigenvalue weighted by atomic mass is 16.5. The first-order chi connectivity index (χ1) is 17.3. The third kappa shape index (κ3) is 6.37. The van der Waals surface area contributed by atoms with Crippen LogP contribution in [-0.2, 0) is 24.1 Å². The standard InChI is InChI=1S/C29H30N2O5/c1-20-7-8-26-23(16-20)18-24(27(32)36-26)19-29(34,28(30)33)12-9-22-4-2-6-25(17-22)35-15-3-5-21-10-13-31-14-11-21/h2,4,6-8,10-11,13-14,16-18,34H,3,5,9,12,15,19H2,1H3,(H2,30,33). The second-order valence-corrected chi connectivity index (χ2v) is 9.13. The van der Waals surface area contributed by atoms with Crippen LogP contribution in [0.4, 0.5) is 0 Å². The minimum Gasteiger partial charge on any atom is -0.494 e. The Morgan fingerprint density at radius 3 is 2.64 bits per heavy atom. The molecule has 0 aliphatic heterocycles. The first kappa shape index (κ1) is 25.1. The highest BCUT2D eigenvalue weighted by Crippen LogP contribution is 2.23. The quantitative estimate of drug-likeness (QED) is 0.245. The van der Waals surface area contributed by atoms with E-state index >= 15 is 0 Å². The molecular formula is C29H30N2O5. The zero-order valence-corrected chi connectivity index (χ0v) is 20.3. The highest BCUT2D eigenvalue weighted by molar-refractivity contribution is 5.84. The number of benzene rings is 2. The minimum absolute atomic E-state index is 0.0547. The Hall–Kier alpha value is -3.97. The van der Waals surface area contributed by atoms with Crippen LogP contribution in [0, 0.1) is 6.92 Å². The highest BCUT2D eigenvalue weighted by Gasteiger charge is 2.35. The summed E-state index contributed by atoms with van der Waals surface area (Å²) in [4.78, 5) is 28.8. The first-order valence-electron chi connectivity index (χ1n) is 12.0. The lowest BCUT2D eigenvalue weighted by Crippen LogP contribution is -2.47. The summed E-state index contributed by atoms with van der Waals surface area (Å²) in [6.07, 6.45) is 5.53. The summed E-state index contributed by atoms with van der Waals surface area (Å²) in [5.74, 6) is -0.162. The van der Waals surface area contributed by atoms with Crippen molar-refractivity contribution in [1.29, 1.82) is 0 Å². The number of carbonyl (C=O) groups is 1. The fraction of sp³-hybridized carbons (Fsp3) is 0.276. The van der Waals surface area contributed by atoms with Crippen molar-refractivity contribution in [3.8, 4) is 5.75 Å². The number of amides is 1. The number of nitrogens with zero attached hydrogens (tertiary/aromatic N) is 1. The van der Waals surface area contributed by atoms with E-state index in [0.717, 1.165) is 35.1 Å². The SMILES string of the molecule is Cc1ccc2oc(=O)c(CC(O)(CCc3cccc(OCCCc4ccncc4)c3)C(N)=O)cc2c1. The number of hydrogen-bond acceptors (Lipinski definition) is 6. The number of nitrogens with two attached hydrogens (primary N) is 1. The molecule has 1 atom stereocenters. The van der Waals surface area contributed by atoms with Crippen LogP contribution in [0.5, 0.6) is 5.75 Å². The molecule has 2 aromatic carbocycles. The molecule has 186 valence electrons. The van der Waals surface area contributed by atoms with Crippen LogP contribution >= 0.6 is 0 Å². The molecule has 4 aromatic rings. The number of pyridine rings is 1. The van der Waals surface area contributed by atoms with Crippen LogP contribution in [0.25, 0.3) is 11.0 Å². The molecule has 7 nitrogen and oxygen atoms in total. The molecule has 0 saturated carbocycles. The molecule has 3 N–H and O–H groups in total. The van der Waals surface area contributed by atoms with Gasteiger partial charge >= 0.3 is 5.63 Å². The van der Waals surface area contributed by atoms with Crippen molar-refractivity contribution in [3.63, 3.8) is 0 Å². The predicted molar refractivity (Wildman–Crippen MR) is 138 cm³/mol. The van der Waals surface area contributed by atoms with Gasteiger partial charge < -0.3 is 20.0 Å². The molecular weight excluding hydrogens is 456 g/mol. The van der Waals surface area contributed by atoms with Gasteiger partial charge in [-0.05, 0) is 86.2 Å². The van der Waals surface area contributed by atoms with Crippen molar-refractivity contribution in [2.45, 2.75) is 44.6 Å². The lowest BCUT2D eigenvalue weighted by Gasteiger charge is -2.24. The van der Waals surface area contributed by atoms with Gasteiger partial charge in [-0.25, -0.2) is 4.79 Å². The molecule has 2 aromatic heterocycles. The van der Waals surface area contributed by atoms with Crippen molar-refractivity contribution in [3.05, 3.63) is 106 Å². The van der Waals surface area contributed by atoms with E-state index in [1.165, 1.54) is 5.56 Å². The molecule has 0 radical (unpaired) electrons. The zero-order chi connectivity index (χ0) is 25.5. The van der Waals surface area contributed by atoms with Crippen LogP contribution < -0.4 is 16.1 Å². The van der Waals surface area contributed by atoms with Crippen molar-refractivity contribution in [1.82, 2.24) is 4.98 Å². The monoisotopic (exact) mass is 486 g/mol. The lowest BCUT2D eigenvalue weighted by molar-refractivity contribution is -0.136. The summed E-state index contributed by atoms with van der Waals surface area (Å²) >= 11 is 0. The number of primary amides is 1. The number of rotatable bonds is 11. The van der Waals surface area contributed by atoms with Crippen LogP contribution in [0.2, 0.25) is 0 Å². The summed E-state index contributed by atoms with van der Waals surface area (Å²) in [5, 5.41) is 11.8. The number of aryl methyl sites for hydroxylation is 3. The maximum absolute atomic E-state index is 12.5. The molecule has 0 saturated heterocycles. The number of carbonyl (C=O) groups excluding carboxylic acids is 1. The Balaban J connectivity index is 1.39. The molecule has 4 rings (SSSR count). The molecule has 0 spiro atoms. The van der Waals surface area contributed by atoms with Gasteiger partial charge in [-0.1, -0.05) is 23.8 Å². The van der Waals surface area contributed by atoms with Crippen molar-refractivity contribution < 1.29 is 19.1 Å². The van der Waals surface area contributed by atoms with Crippen LogP contribution in [0.3, 0.4) is 0 Å². The van der Waals surface area contributed by atoms with E-state index in [-0.39, 0.29) is 18.4 Å². The smallest absolute Gasteiger partial charge is 0.339 e. The van der Waals surface area contributed by atoms with E-state index in [0.29, 0.717) is 18.6 Å². The van der Waals surface area contributed by atoms with Crippen LogP contribution in [-0.4, -0.2) is 28.2 Å². The third-order valence-corrected chi connectivity index (χ3v) is 6.25. The summed E-state index contributed by atoms with van der Waals surface area (Å²) in [7, 11) is 0. The summed E-state index contributed by atoms with van der Waals surface area (Å²) in [5.41, 5.74) is 6.87. The van der Waals surface area contributed by atoms with Crippen molar-refractivity contribution in [2.75, 3.05) is 6.61 Å². The average molecular weight is 487 g/mol. The molecule has 0 bridgehead atoms. The maximum Gasteiger partial charge on any atom is 0.339 e. The van der Waals surface area contributed by atoms with Gasteiger partial charge in [0.1, 0.15) is 16.9 Å². The van der Waals surface area contributed by atoms with E-state index in [1.54, 1.807) is 24.5 Å². The number of ether oxygens (including phenoxy) is 1. The van der Waals surface area contributed by atoms with E-state index in [4.69, 9.17) is 14.9 Å². The largest absolute Gasteiger partial charge is 0.494 e. The van der Waals surface area contributed by atoms with Gasteiger partial charge in [0.15, 0.2) is 0 Å². The van der Waals surface area contributed by atoms with Crippen molar-refractivity contribution >= 4 is 16.9 Å². The van der Waals surface area contributed by atoms with Crippen LogP contribution in [0.1, 0.15) is 35.1 Å². The lowest BCUT2D eigenvalue weighted by atomic mass is 9.88. The average Bonchev–Trinajstić information content (AvgIpc) is 2.87. The van der Waals surface area contributed by atoms with E-state index in [9.17, 15) is 14.7 Å². The predicted octanol–water partition coefficient (Wildman–Crippen LogP) is 3.90. The van der Waals surface area contributed by atoms with E-state index in [2.05, 4.69) is 4.98 Å². The molecule has 1 amide bonds. The Morgan fingerprint density at radius 2 is 1.86 bits per heavy atom. The van der Waals surface area contributed by atoms with Gasteiger partial charge in [0.25, 0.3) is 0 Å². The summed E-state index contributed by atoms with van der Waals surface area (Å²) < 4.78 is 11.3. The Morgan fingerprint density at radius 1 is 1.06 bits per heavy atom. The van der Waals surface area contributed by atoms with Gasteiger partial charge in [0.2, 0.25) is 5.91 Å². The first-order valence-corrected chi connectivity index (χ1v) is 12.0. The summed E-state index contributed by atoms with van der Waals surface area (Å²) in [6.45, 7) is 2.50. The molecule has 0 aliphatic carbocycles. The van der Waals surface area contributed by atoms with Gasteiger partial charge in [-0.2, -0.15) is 0 Å². The second-order valence-electron chi connectivity index (χ2n) is 9.13. The van der Waals surface area contributed by atoms with E-state index < -0.39 is 17.1 Å². The molecule has 2 heterocycles. The normalized spacial score (nSPS) is 12.8. The third-order valence-electron chi connectivity index (χ3n) is 6.25. The molecule has 0 fully saturated rings. The van der Waals surface area contributed by atoms with Gasteiger partial charge in [-0.3, -0.25) is 9.78 Å². The molecule has 7 heteroatoms. The Labute approximate surface area is 209 Å². The number of aromatic nitrogens is 1. The number of aliphatic hydroxyl groups is 1. The molecule has 0 aliphatic rings. The number of hydrogen-bond donors (Lipinski definition) is 2. The number of fused-ring (bicyclic) bond motifs is 1. The molecule has 1 unspecified atom stereocenters. The topological polar surface area (TPSA) is 116 Å².